The molecule has 138 valence electrons. The van der Waals surface area contributed by atoms with Crippen LogP contribution >= 0.6 is 11.6 Å². The molecule has 0 aliphatic carbocycles. The second-order valence-electron chi connectivity index (χ2n) is 6.95. The normalized spacial score (nSPS) is 15.8. The number of carbonyl (C=O) groups excluding carboxylic acids is 1. The average Bonchev–Trinajstić information content (AvgIpc) is 2.65. The summed E-state index contributed by atoms with van der Waals surface area (Å²) < 4.78 is 0. The molecule has 0 radical (unpaired) electrons. The predicted octanol–water partition coefficient (Wildman–Crippen LogP) is 3.66. The Kier molecular flexibility index (Phi) is 6.67. The third kappa shape index (κ3) is 5.84. The number of carbonyl (C=O) groups is 1. The zero-order valence-corrected chi connectivity index (χ0v) is 16.0. The Hall–Kier alpha value is -1.88. The van der Waals surface area contributed by atoms with Gasteiger partial charge in [0.1, 0.15) is 0 Å². The first-order valence-electron chi connectivity index (χ1n) is 9.12. The molecule has 1 aliphatic heterocycles. The highest BCUT2D eigenvalue weighted by molar-refractivity contribution is 6.30. The molecule has 4 nitrogen and oxygen atoms in total. The molecule has 1 heterocycles. The van der Waals surface area contributed by atoms with Crippen LogP contribution in [0, 0.1) is 0 Å². The van der Waals surface area contributed by atoms with Gasteiger partial charge < -0.3 is 10.2 Å². The topological polar surface area (TPSA) is 35.6 Å². The van der Waals surface area contributed by atoms with Gasteiger partial charge in [-0.05, 0) is 48.9 Å². The lowest BCUT2D eigenvalue weighted by Crippen LogP contribution is -2.43. The lowest BCUT2D eigenvalue weighted by molar-refractivity contribution is -0.116. The van der Waals surface area contributed by atoms with E-state index in [2.05, 4.69) is 34.3 Å². The molecule has 2 aromatic carbocycles. The third-order valence-corrected chi connectivity index (χ3v) is 5.05. The summed E-state index contributed by atoms with van der Waals surface area (Å²) in [5.41, 5.74) is 3.26. The van der Waals surface area contributed by atoms with Gasteiger partial charge in [-0.1, -0.05) is 35.9 Å². The summed E-state index contributed by atoms with van der Waals surface area (Å²) in [6, 6.07) is 15.8. The minimum Gasteiger partial charge on any atom is -0.326 e. The van der Waals surface area contributed by atoms with Gasteiger partial charge in [-0.2, -0.15) is 0 Å². The number of nitrogens with zero attached hydrogens (tertiary/aromatic N) is 2. The number of amides is 1. The van der Waals surface area contributed by atoms with Gasteiger partial charge in [-0.25, -0.2) is 0 Å². The molecular formula is C21H26ClN3O. The summed E-state index contributed by atoms with van der Waals surface area (Å²) in [5.74, 6) is 0.0340. The second kappa shape index (κ2) is 9.17. The summed E-state index contributed by atoms with van der Waals surface area (Å²) in [4.78, 5) is 17.0. The van der Waals surface area contributed by atoms with Crippen LogP contribution in [0.15, 0.2) is 48.5 Å². The van der Waals surface area contributed by atoms with Crippen LogP contribution in [0.1, 0.15) is 17.5 Å². The first kappa shape index (κ1) is 18.9. The van der Waals surface area contributed by atoms with E-state index in [0.29, 0.717) is 12.8 Å². The lowest BCUT2D eigenvalue weighted by Gasteiger charge is -2.32. The molecule has 0 atom stereocenters. The molecule has 1 fully saturated rings. The first-order valence-corrected chi connectivity index (χ1v) is 9.50. The molecule has 1 aliphatic rings. The Morgan fingerprint density at radius 1 is 0.962 bits per heavy atom. The van der Waals surface area contributed by atoms with Crippen LogP contribution in [-0.2, 0) is 17.8 Å². The van der Waals surface area contributed by atoms with Crippen molar-refractivity contribution in [3.63, 3.8) is 0 Å². The van der Waals surface area contributed by atoms with Crippen molar-refractivity contribution < 1.29 is 4.79 Å². The van der Waals surface area contributed by atoms with Crippen molar-refractivity contribution in [2.24, 2.45) is 0 Å². The molecule has 0 unspecified atom stereocenters. The van der Waals surface area contributed by atoms with Gasteiger partial charge in [0.15, 0.2) is 0 Å². The Labute approximate surface area is 160 Å². The number of likely N-dealkylation sites (N-methyl/N-ethyl adjacent to an activating group) is 1. The van der Waals surface area contributed by atoms with Crippen LogP contribution < -0.4 is 5.32 Å². The van der Waals surface area contributed by atoms with Gasteiger partial charge in [-0.3, -0.25) is 9.69 Å². The van der Waals surface area contributed by atoms with Gasteiger partial charge >= 0.3 is 0 Å². The van der Waals surface area contributed by atoms with Crippen LogP contribution in [0.5, 0.6) is 0 Å². The van der Waals surface area contributed by atoms with Gasteiger partial charge in [0, 0.05) is 49.9 Å². The maximum atomic E-state index is 12.1. The number of hydrogen-bond donors (Lipinski definition) is 1. The third-order valence-electron chi connectivity index (χ3n) is 4.79. The highest BCUT2D eigenvalue weighted by Gasteiger charge is 2.13. The molecule has 0 saturated carbocycles. The van der Waals surface area contributed by atoms with Crippen molar-refractivity contribution in [2.45, 2.75) is 19.4 Å². The number of halogens is 1. The number of rotatable bonds is 6. The number of anilines is 1. The molecule has 0 aromatic heterocycles. The zero-order chi connectivity index (χ0) is 18.4. The van der Waals surface area contributed by atoms with E-state index in [9.17, 15) is 4.79 Å². The molecule has 1 N–H and O–H groups in total. The van der Waals surface area contributed by atoms with Gasteiger partial charge in [0.25, 0.3) is 0 Å². The van der Waals surface area contributed by atoms with E-state index in [1.165, 1.54) is 5.56 Å². The van der Waals surface area contributed by atoms with Crippen molar-refractivity contribution in [3.8, 4) is 0 Å². The maximum Gasteiger partial charge on any atom is 0.224 e. The van der Waals surface area contributed by atoms with Crippen molar-refractivity contribution in [1.29, 1.82) is 0 Å². The molecule has 0 bridgehead atoms. The molecular weight excluding hydrogens is 346 g/mol. The molecule has 2 aromatic rings. The first-order chi connectivity index (χ1) is 12.6. The standard InChI is InChI=1S/C21H26ClN3O/c1-24-12-14-25(15-13-24)16-18-4-9-20(10-5-18)23-21(26)11-6-17-2-7-19(22)8-3-17/h2-5,7-10H,6,11-16H2,1H3,(H,23,26). The van der Waals surface area contributed by atoms with E-state index in [1.807, 2.05) is 36.4 Å². The van der Waals surface area contributed by atoms with E-state index in [1.54, 1.807) is 0 Å². The minimum atomic E-state index is 0.0340. The number of aryl methyl sites for hydroxylation is 1. The molecule has 5 heteroatoms. The van der Waals surface area contributed by atoms with E-state index >= 15 is 0 Å². The maximum absolute atomic E-state index is 12.1. The summed E-state index contributed by atoms with van der Waals surface area (Å²) in [5, 5.41) is 3.69. The lowest BCUT2D eigenvalue weighted by atomic mass is 10.1. The second-order valence-corrected chi connectivity index (χ2v) is 7.39. The smallest absolute Gasteiger partial charge is 0.224 e. The average molecular weight is 372 g/mol. The Bertz CT molecular complexity index is 707. The summed E-state index contributed by atoms with van der Waals surface area (Å²) >= 11 is 5.88. The SMILES string of the molecule is CN1CCN(Cc2ccc(NC(=O)CCc3ccc(Cl)cc3)cc2)CC1. The molecule has 1 saturated heterocycles. The fraction of sp³-hybridized carbons (Fsp3) is 0.381. The fourth-order valence-corrected chi connectivity index (χ4v) is 3.22. The highest BCUT2D eigenvalue weighted by Crippen LogP contribution is 2.14. The largest absolute Gasteiger partial charge is 0.326 e. The molecule has 0 spiro atoms. The summed E-state index contributed by atoms with van der Waals surface area (Å²) in [6.45, 7) is 5.45. The Balaban J connectivity index is 1.44. The van der Waals surface area contributed by atoms with E-state index < -0.39 is 0 Å². The minimum absolute atomic E-state index is 0.0340. The quantitative estimate of drug-likeness (QED) is 0.841. The van der Waals surface area contributed by atoms with Gasteiger partial charge in [-0.15, -0.1) is 0 Å². The number of nitrogens with one attached hydrogen (secondary N) is 1. The molecule has 1 amide bonds. The van der Waals surface area contributed by atoms with Crippen molar-refractivity contribution >= 4 is 23.2 Å². The van der Waals surface area contributed by atoms with E-state index in [-0.39, 0.29) is 5.91 Å². The van der Waals surface area contributed by atoms with Crippen LogP contribution in [0.3, 0.4) is 0 Å². The van der Waals surface area contributed by atoms with Gasteiger partial charge in [0.05, 0.1) is 0 Å². The predicted molar refractivity (Wildman–Crippen MR) is 108 cm³/mol. The van der Waals surface area contributed by atoms with Crippen LogP contribution in [0.25, 0.3) is 0 Å². The van der Waals surface area contributed by atoms with Crippen molar-refractivity contribution in [1.82, 2.24) is 9.80 Å². The monoisotopic (exact) mass is 371 g/mol. The van der Waals surface area contributed by atoms with E-state index in [4.69, 9.17) is 11.6 Å². The Morgan fingerprint density at radius 3 is 2.23 bits per heavy atom. The van der Waals surface area contributed by atoms with Crippen LogP contribution in [-0.4, -0.2) is 48.9 Å². The van der Waals surface area contributed by atoms with Crippen LogP contribution in [0.4, 0.5) is 5.69 Å². The summed E-state index contributed by atoms with van der Waals surface area (Å²) in [7, 11) is 2.17. The number of benzene rings is 2. The van der Waals surface area contributed by atoms with Crippen molar-refractivity contribution in [2.75, 3.05) is 38.5 Å². The fourth-order valence-electron chi connectivity index (χ4n) is 3.09. The zero-order valence-electron chi connectivity index (χ0n) is 15.2. The molecule has 26 heavy (non-hydrogen) atoms. The van der Waals surface area contributed by atoms with E-state index in [0.717, 1.165) is 49.0 Å². The van der Waals surface area contributed by atoms with Crippen molar-refractivity contribution in [3.05, 3.63) is 64.7 Å². The number of hydrogen-bond acceptors (Lipinski definition) is 3. The Morgan fingerprint density at radius 2 is 1.58 bits per heavy atom. The molecule has 3 rings (SSSR count). The van der Waals surface area contributed by atoms with Crippen LogP contribution in [0.2, 0.25) is 5.02 Å². The highest BCUT2D eigenvalue weighted by atomic mass is 35.5. The number of piperazine rings is 1. The van der Waals surface area contributed by atoms with Gasteiger partial charge in [0.2, 0.25) is 5.91 Å². The summed E-state index contributed by atoms with van der Waals surface area (Å²) in [6.07, 6.45) is 1.18.